The van der Waals surface area contributed by atoms with Crippen LogP contribution in [-0.2, 0) is 9.59 Å². The molecule has 0 spiro atoms. The van der Waals surface area contributed by atoms with Gasteiger partial charge in [0.25, 0.3) is 0 Å². The zero-order valence-corrected chi connectivity index (χ0v) is 9.80. The molecule has 0 heterocycles. The van der Waals surface area contributed by atoms with Crippen molar-refractivity contribution >= 4 is 11.6 Å². The van der Waals surface area contributed by atoms with Crippen molar-refractivity contribution in [2.45, 2.75) is 53.4 Å². The maximum absolute atomic E-state index is 11.3. The lowest BCUT2D eigenvalue weighted by atomic mass is 9.95. The highest BCUT2D eigenvalue weighted by Crippen LogP contribution is 2.12. The highest BCUT2D eigenvalue weighted by Gasteiger charge is 2.12. The molecule has 2 heteroatoms. The number of hydrogen-bond acceptors (Lipinski definition) is 2. The van der Waals surface area contributed by atoms with Crippen LogP contribution in [0.4, 0.5) is 0 Å². The second-order valence-corrected chi connectivity index (χ2v) is 4.23. The molecular formula is C12H22O2. The van der Waals surface area contributed by atoms with E-state index in [0.717, 1.165) is 12.8 Å². The van der Waals surface area contributed by atoms with Gasteiger partial charge in [-0.05, 0) is 12.8 Å². The van der Waals surface area contributed by atoms with Gasteiger partial charge in [-0.2, -0.15) is 0 Å². The van der Waals surface area contributed by atoms with Gasteiger partial charge in [0.15, 0.2) is 0 Å². The molecule has 0 saturated heterocycles. The summed E-state index contributed by atoms with van der Waals surface area (Å²) in [4.78, 5) is 22.5. The molecular weight excluding hydrogens is 176 g/mol. The van der Waals surface area contributed by atoms with E-state index in [1.807, 2.05) is 27.7 Å². The lowest BCUT2D eigenvalue weighted by Gasteiger charge is -2.08. The molecule has 0 aliphatic carbocycles. The summed E-state index contributed by atoms with van der Waals surface area (Å²) in [7, 11) is 0. The van der Waals surface area contributed by atoms with E-state index in [2.05, 4.69) is 0 Å². The van der Waals surface area contributed by atoms with Gasteiger partial charge in [0, 0.05) is 24.7 Å². The summed E-state index contributed by atoms with van der Waals surface area (Å²) in [6.45, 7) is 7.68. The molecule has 0 aromatic carbocycles. The molecule has 82 valence electrons. The molecule has 0 radical (unpaired) electrons. The zero-order valence-electron chi connectivity index (χ0n) is 9.80. The highest BCUT2D eigenvalue weighted by molar-refractivity contribution is 5.81. The van der Waals surface area contributed by atoms with E-state index < -0.39 is 0 Å². The number of carbonyl (C=O) groups is 2. The van der Waals surface area contributed by atoms with Crippen molar-refractivity contribution in [3.8, 4) is 0 Å². The van der Waals surface area contributed by atoms with Gasteiger partial charge in [0.05, 0.1) is 0 Å². The number of Topliss-reactive ketones (excluding diaryl/α,β-unsaturated/α-hetero) is 2. The molecule has 1 unspecified atom stereocenters. The molecule has 0 aliphatic heterocycles. The lowest BCUT2D eigenvalue weighted by molar-refractivity contribution is -0.124. The van der Waals surface area contributed by atoms with Crippen LogP contribution in [0.3, 0.4) is 0 Å². The first kappa shape index (κ1) is 13.3. The Balaban J connectivity index is 3.64. The molecule has 0 fully saturated rings. The van der Waals surface area contributed by atoms with Crippen molar-refractivity contribution in [1.29, 1.82) is 0 Å². The van der Waals surface area contributed by atoms with Crippen molar-refractivity contribution in [1.82, 2.24) is 0 Å². The van der Waals surface area contributed by atoms with Crippen LogP contribution < -0.4 is 0 Å². The minimum atomic E-state index is 0.125. The Hall–Kier alpha value is -0.660. The van der Waals surface area contributed by atoms with E-state index >= 15 is 0 Å². The molecule has 14 heavy (non-hydrogen) atoms. The fourth-order valence-electron chi connectivity index (χ4n) is 1.38. The van der Waals surface area contributed by atoms with E-state index in [-0.39, 0.29) is 11.8 Å². The largest absolute Gasteiger partial charge is 0.299 e. The smallest absolute Gasteiger partial charge is 0.135 e. The van der Waals surface area contributed by atoms with Crippen LogP contribution >= 0.6 is 0 Å². The predicted octanol–water partition coefficient (Wildman–Crippen LogP) is 3.00. The summed E-state index contributed by atoms with van der Waals surface area (Å²) >= 11 is 0. The third-order valence-electron chi connectivity index (χ3n) is 2.60. The minimum absolute atomic E-state index is 0.125. The van der Waals surface area contributed by atoms with Crippen LogP contribution in [0.2, 0.25) is 0 Å². The van der Waals surface area contributed by atoms with Crippen LogP contribution in [-0.4, -0.2) is 11.6 Å². The normalized spacial score (nSPS) is 12.9. The molecule has 0 rings (SSSR count). The van der Waals surface area contributed by atoms with Crippen molar-refractivity contribution in [2.24, 2.45) is 11.8 Å². The van der Waals surface area contributed by atoms with E-state index in [1.54, 1.807) is 0 Å². The van der Waals surface area contributed by atoms with Gasteiger partial charge in [-0.1, -0.05) is 27.7 Å². The molecule has 0 bridgehead atoms. The molecule has 0 aromatic heterocycles. The van der Waals surface area contributed by atoms with Crippen molar-refractivity contribution in [3.05, 3.63) is 0 Å². The molecule has 0 aromatic rings. The van der Waals surface area contributed by atoms with Crippen molar-refractivity contribution in [3.63, 3.8) is 0 Å². The average molecular weight is 198 g/mol. The van der Waals surface area contributed by atoms with Crippen LogP contribution in [0.25, 0.3) is 0 Å². The molecule has 0 N–H and O–H groups in total. The van der Waals surface area contributed by atoms with Crippen LogP contribution in [0, 0.1) is 11.8 Å². The summed E-state index contributed by atoms with van der Waals surface area (Å²) < 4.78 is 0. The van der Waals surface area contributed by atoms with Crippen LogP contribution in [0.1, 0.15) is 53.4 Å². The first-order chi connectivity index (χ1) is 6.49. The number of hydrogen-bond donors (Lipinski definition) is 0. The van der Waals surface area contributed by atoms with Crippen molar-refractivity contribution < 1.29 is 9.59 Å². The van der Waals surface area contributed by atoms with Crippen LogP contribution in [0.5, 0.6) is 0 Å². The van der Waals surface area contributed by atoms with E-state index in [4.69, 9.17) is 0 Å². The molecule has 1 atom stereocenters. The summed E-state index contributed by atoms with van der Waals surface area (Å²) in [6.07, 6.45) is 2.94. The first-order valence-corrected chi connectivity index (χ1v) is 5.54. The van der Waals surface area contributed by atoms with E-state index in [0.29, 0.717) is 24.4 Å². The molecule has 0 aliphatic rings. The maximum atomic E-state index is 11.3. The Labute approximate surface area is 87.1 Å². The molecule has 2 nitrogen and oxygen atoms in total. The number of carbonyl (C=O) groups excluding carboxylic acids is 2. The Morgan fingerprint density at radius 1 is 1.07 bits per heavy atom. The van der Waals surface area contributed by atoms with Gasteiger partial charge >= 0.3 is 0 Å². The van der Waals surface area contributed by atoms with E-state index in [9.17, 15) is 9.59 Å². The molecule has 0 saturated carbocycles. The summed E-state index contributed by atoms with van der Waals surface area (Å²) in [6, 6.07) is 0. The van der Waals surface area contributed by atoms with Gasteiger partial charge in [0.1, 0.15) is 11.6 Å². The third-order valence-corrected chi connectivity index (χ3v) is 2.60. The lowest BCUT2D eigenvalue weighted by Crippen LogP contribution is -2.11. The predicted molar refractivity (Wildman–Crippen MR) is 58.2 cm³/mol. The quantitative estimate of drug-likeness (QED) is 0.630. The fraction of sp³-hybridized carbons (Fsp3) is 0.833. The van der Waals surface area contributed by atoms with Gasteiger partial charge in [0.2, 0.25) is 0 Å². The SMILES string of the molecule is CCC(=O)C(C)CCCC(=O)C(C)C. The summed E-state index contributed by atoms with van der Waals surface area (Å²) in [5, 5.41) is 0. The highest BCUT2D eigenvalue weighted by atomic mass is 16.1. The Kier molecular flexibility index (Phi) is 6.43. The van der Waals surface area contributed by atoms with E-state index in [1.165, 1.54) is 0 Å². The Morgan fingerprint density at radius 3 is 2.07 bits per heavy atom. The topological polar surface area (TPSA) is 34.1 Å². The molecule has 0 amide bonds. The number of ketones is 2. The number of rotatable bonds is 7. The maximum Gasteiger partial charge on any atom is 0.135 e. The summed E-state index contributed by atoms with van der Waals surface area (Å²) in [5.41, 5.74) is 0. The summed E-state index contributed by atoms with van der Waals surface area (Å²) in [5.74, 6) is 0.871. The van der Waals surface area contributed by atoms with Gasteiger partial charge in [-0.3, -0.25) is 9.59 Å². The first-order valence-electron chi connectivity index (χ1n) is 5.54. The second-order valence-electron chi connectivity index (χ2n) is 4.23. The fourth-order valence-corrected chi connectivity index (χ4v) is 1.38. The van der Waals surface area contributed by atoms with Gasteiger partial charge in [-0.15, -0.1) is 0 Å². The minimum Gasteiger partial charge on any atom is -0.299 e. The third kappa shape index (κ3) is 5.15. The second kappa shape index (κ2) is 6.74. The van der Waals surface area contributed by atoms with Gasteiger partial charge in [-0.25, -0.2) is 0 Å². The Morgan fingerprint density at radius 2 is 1.64 bits per heavy atom. The Bertz CT molecular complexity index is 194. The monoisotopic (exact) mass is 198 g/mol. The van der Waals surface area contributed by atoms with Gasteiger partial charge < -0.3 is 0 Å². The zero-order chi connectivity index (χ0) is 11.1. The van der Waals surface area contributed by atoms with Crippen LogP contribution in [0.15, 0.2) is 0 Å². The average Bonchev–Trinajstić information content (AvgIpc) is 2.15. The van der Waals surface area contributed by atoms with Crippen molar-refractivity contribution in [2.75, 3.05) is 0 Å². The standard InChI is InChI=1S/C12H22O2/c1-5-11(13)10(4)7-6-8-12(14)9(2)3/h9-10H,5-8H2,1-4H3.